The molecule has 0 aliphatic carbocycles. The topological polar surface area (TPSA) is 42.0 Å². The van der Waals surface area contributed by atoms with Crippen LogP contribution in [0.15, 0.2) is 47.1 Å². The zero-order chi connectivity index (χ0) is 12.3. The van der Waals surface area contributed by atoms with Crippen molar-refractivity contribution in [1.82, 2.24) is 4.98 Å². The minimum absolute atomic E-state index is 0.273. The molecule has 0 bridgehead atoms. The molecule has 0 spiro atoms. The number of anilines is 1. The fourth-order valence-corrected chi connectivity index (χ4v) is 1.73. The molecule has 1 N–H and O–H groups in total. The average molecular weight is 312 g/mol. The third-order valence-corrected chi connectivity index (χ3v) is 2.89. The zero-order valence-corrected chi connectivity index (χ0v) is 11.0. The SMILES string of the molecule is O=C(Nc1ccc(Br)cn1)c1ccccc1Cl. The van der Waals surface area contributed by atoms with Crippen molar-refractivity contribution >= 4 is 39.3 Å². The third kappa shape index (κ3) is 3.05. The van der Waals surface area contributed by atoms with Gasteiger partial charge in [0.15, 0.2) is 0 Å². The number of carbonyl (C=O) groups is 1. The summed E-state index contributed by atoms with van der Waals surface area (Å²) in [5.41, 5.74) is 0.430. The van der Waals surface area contributed by atoms with Crippen LogP contribution < -0.4 is 5.32 Å². The van der Waals surface area contributed by atoms with E-state index in [1.54, 1.807) is 42.6 Å². The Morgan fingerprint density at radius 1 is 1.24 bits per heavy atom. The molecule has 0 fully saturated rings. The molecule has 3 nitrogen and oxygen atoms in total. The van der Waals surface area contributed by atoms with Crippen molar-refractivity contribution in [2.24, 2.45) is 0 Å². The van der Waals surface area contributed by atoms with Gasteiger partial charge in [-0.3, -0.25) is 4.79 Å². The summed E-state index contributed by atoms with van der Waals surface area (Å²) in [5, 5.41) is 3.09. The van der Waals surface area contributed by atoms with E-state index in [-0.39, 0.29) is 5.91 Å². The molecule has 1 aromatic carbocycles. The van der Waals surface area contributed by atoms with Crippen LogP contribution in [0.1, 0.15) is 10.4 Å². The highest BCUT2D eigenvalue weighted by atomic mass is 79.9. The van der Waals surface area contributed by atoms with Crippen molar-refractivity contribution in [2.45, 2.75) is 0 Å². The molecule has 0 aliphatic rings. The van der Waals surface area contributed by atoms with E-state index in [1.807, 2.05) is 0 Å². The van der Waals surface area contributed by atoms with E-state index in [9.17, 15) is 4.79 Å². The molecule has 1 heterocycles. The number of rotatable bonds is 2. The molecular formula is C12H8BrClN2O. The second-order valence-electron chi connectivity index (χ2n) is 3.30. The Morgan fingerprint density at radius 3 is 2.65 bits per heavy atom. The van der Waals surface area contributed by atoms with E-state index in [0.29, 0.717) is 16.4 Å². The van der Waals surface area contributed by atoms with Gasteiger partial charge in [-0.25, -0.2) is 4.98 Å². The van der Waals surface area contributed by atoms with Gasteiger partial charge in [-0.15, -0.1) is 0 Å². The fraction of sp³-hybridized carbons (Fsp3) is 0. The van der Waals surface area contributed by atoms with Crippen LogP contribution in [0, 0.1) is 0 Å². The first-order chi connectivity index (χ1) is 8.16. The van der Waals surface area contributed by atoms with Crippen molar-refractivity contribution in [3.05, 3.63) is 57.7 Å². The molecule has 0 saturated carbocycles. The van der Waals surface area contributed by atoms with Crippen molar-refractivity contribution in [2.75, 3.05) is 5.32 Å². The minimum Gasteiger partial charge on any atom is -0.307 e. The molecule has 0 radical (unpaired) electrons. The molecule has 5 heteroatoms. The molecule has 1 aromatic heterocycles. The maximum atomic E-state index is 11.9. The third-order valence-electron chi connectivity index (χ3n) is 2.09. The number of hydrogen-bond acceptors (Lipinski definition) is 2. The quantitative estimate of drug-likeness (QED) is 0.918. The number of carbonyl (C=O) groups excluding carboxylic acids is 1. The van der Waals surface area contributed by atoms with E-state index < -0.39 is 0 Å². The Bertz CT molecular complexity index is 542. The zero-order valence-electron chi connectivity index (χ0n) is 8.65. The highest BCUT2D eigenvalue weighted by Crippen LogP contribution is 2.17. The van der Waals surface area contributed by atoms with Gasteiger partial charge in [-0.1, -0.05) is 23.7 Å². The number of halogens is 2. The molecular weight excluding hydrogens is 304 g/mol. The lowest BCUT2D eigenvalue weighted by Crippen LogP contribution is -2.13. The van der Waals surface area contributed by atoms with E-state index >= 15 is 0 Å². The normalized spacial score (nSPS) is 10.0. The largest absolute Gasteiger partial charge is 0.307 e. The standard InChI is InChI=1S/C12H8BrClN2O/c13-8-5-6-11(15-7-8)16-12(17)9-3-1-2-4-10(9)14/h1-7H,(H,15,16,17). The first-order valence-electron chi connectivity index (χ1n) is 4.84. The number of hydrogen-bond donors (Lipinski definition) is 1. The van der Waals surface area contributed by atoms with Crippen molar-refractivity contribution in [3.8, 4) is 0 Å². The summed E-state index contributed by atoms with van der Waals surface area (Å²) in [5.74, 6) is 0.212. The molecule has 17 heavy (non-hydrogen) atoms. The predicted molar refractivity (Wildman–Crippen MR) is 71.3 cm³/mol. The minimum atomic E-state index is -0.273. The number of amides is 1. The Morgan fingerprint density at radius 2 is 2.00 bits per heavy atom. The van der Waals surface area contributed by atoms with Crippen LogP contribution in [0.3, 0.4) is 0 Å². The summed E-state index contributed by atoms with van der Waals surface area (Å²) >= 11 is 9.19. The lowest BCUT2D eigenvalue weighted by atomic mass is 10.2. The number of nitrogens with zero attached hydrogens (tertiary/aromatic N) is 1. The number of nitrogens with one attached hydrogen (secondary N) is 1. The summed E-state index contributed by atoms with van der Waals surface area (Å²) in [6.45, 7) is 0. The Labute approximate surface area is 112 Å². The van der Waals surface area contributed by atoms with Crippen LogP contribution in [0.5, 0.6) is 0 Å². The molecule has 0 saturated heterocycles. The van der Waals surface area contributed by atoms with Crippen LogP contribution in [0.2, 0.25) is 5.02 Å². The lowest BCUT2D eigenvalue weighted by Gasteiger charge is -2.05. The van der Waals surface area contributed by atoms with Gasteiger partial charge in [0, 0.05) is 10.7 Å². The Hall–Kier alpha value is -1.39. The van der Waals surface area contributed by atoms with E-state index in [4.69, 9.17) is 11.6 Å². The molecule has 0 aliphatic heterocycles. The molecule has 2 aromatic rings. The molecule has 0 unspecified atom stereocenters. The van der Waals surface area contributed by atoms with Gasteiger partial charge in [-0.05, 0) is 40.2 Å². The van der Waals surface area contributed by atoms with Crippen LogP contribution in [-0.2, 0) is 0 Å². The molecule has 86 valence electrons. The fourth-order valence-electron chi connectivity index (χ4n) is 1.28. The number of benzene rings is 1. The number of pyridine rings is 1. The van der Waals surface area contributed by atoms with Crippen molar-refractivity contribution in [1.29, 1.82) is 0 Å². The molecule has 2 rings (SSSR count). The van der Waals surface area contributed by atoms with Gasteiger partial charge < -0.3 is 5.32 Å². The molecule has 0 atom stereocenters. The average Bonchev–Trinajstić information content (AvgIpc) is 2.32. The lowest BCUT2D eigenvalue weighted by molar-refractivity contribution is 0.102. The van der Waals surface area contributed by atoms with Gasteiger partial charge in [0.05, 0.1) is 10.6 Å². The van der Waals surface area contributed by atoms with Gasteiger partial charge >= 0.3 is 0 Å². The van der Waals surface area contributed by atoms with Crippen molar-refractivity contribution in [3.63, 3.8) is 0 Å². The van der Waals surface area contributed by atoms with Crippen molar-refractivity contribution < 1.29 is 4.79 Å². The number of aromatic nitrogens is 1. The Balaban J connectivity index is 2.17. The van der Waals surface area contributed by atoms with E-state index in [1.165, 1.54) is 0 Å². The van der Waals surface area contributed by atoms with Crippen LogP contribution >= 0.6 is 27.5 Å². The molecule has 1 amide bonds. The highest BCUT2D eigenvalue weighted by Gasteiger charge is 2.09. The summed E-state index contributed by atoms with van der Waals surface area (Å²) in [6.07, 6.45) is 1.61. The first kappa shape index (κ1) is 12.1. The Kier molecular flexibility index (Phi) is 3.76. The smallest absolute Gasteiger partial charge is 0.258 e. The maximum absolute atomic E-state index is 11.9. The van der Waals surface area contributed by atoms with Gasteiger partial charge in [0.1, 0.15) is 5.82 Å². The van der Waals surface area contributed by atoms with Gasteiger partial charge in [0.25, 0.3) is 5.91 Å². The van der Waals surface area contributed by atoms with Crippen LogP contribution in [0.4, 0.5) is 5.82 Å². The summed E-state index contributed by atoms with van der Waals surface area (Å²) in [7, 11) is 0. The van der Waals surface area contributed by atoms with E-state index in [0.717, 1.165) is 4.47 Å². The summed E-state index contributed by atoms with van der Waals surface area (Å²) in [6, 6.07) is 10.4. The second-order valence-corrected chi connectivity index (χ2v) is 4.62. The maximum Gasteiger partial charge on any atom is 0.258 e. The van der Waals surface area contributed by atoms with Crippen LogP contribution in [-0.4, -0.2) is 10.9 Å². The summed E-state index contributed by atoms with van der Waals surface area (Å²) in [4.78, 5) is 15.9. The second kappa shape index (κ2) is 5.29. The predicted octanol–water partition coefficient (Wildman–Crippen LogP) is 3.75. The van der Waals surface area contributed by atoms with Gasteiger partial charge in [0.2, 0.25) is 0 Å². The summed E-state index contributed by atoms with van der Waals surface area (Å²) < 4.78 is 0.855. The van der Waals surface area contributed by atoms with Crippen LogP contribution in [0.25, 0.3) is 0 Å². The van der Waals surface area contributed by atoms with E-state index in [2.05, 4.69) is 26.2 Å². The highest BCUT2D eigenvalue weighted by molar-refractivity contribution is 9.10. The first-order valence-corrected chi connectivity index (χ1v) is 6.01. The van der Waals surface area contributed by atoms with Gasteiger partial charge in [-0.2, -0.15) is 0 Å². The monoisotopic (exact) mass is 310 g/mol.